The van der Waals surface area contributed by atoms with E-state index in [4.69, 9.17) is 0 Å². The highest BCUT2D eigenvalue weighted by atomic mass is 32.1. The third-order valence-corrected chi connectivity index (χ3v) is 5.60. The summed E-state index contributed by atoms with van der Waals surface area (Å²) in [6.45, 7) is 4.95. The molecule has 0 radical (unpaired) electrons. The first-order valence-corrected chi connectivity index (χ1v) is 9.49. The second-order valence-corrected chi connectivity index (χ2v) is 7.44. The number of aromatic nitrogens is 2. The Balaban J connectivity index is 1.56. The maximum Gasteiger partial charge on any atom is 0.307 e. The maximum absolute atomic E-state index is 12.1. The van der Waals surface area contributed by atoms with Crippen molar-refractivity contribution in [2.24, 2.45) is 0 Å². The van der Waals surface area contributed by atoms with E-state index in [1.165, 1.54) is 35.2 Å². The van der Waals surface area contributed by atoms with Crippen molar-refractivity contribution in [2.75, 3.05) is 18.4 Å². The summed E-state index contributed by atoms with van der Waals surface area (Å²) in [5.74, 6) is -0.215. The molecule has 1 fully saturated rings. The molecular formula is C15H20N4O2S2. The van der Waals surface area contributed by atoms with Crippen LogP contribution in [-0.2, 0) is 17.9 Å². The number of carbonyl (C=O) groups is 1. The Morgan fingerprint density at radius 3 is 2.74 bits per heavy atom. The number of amides is 1. The van der Waals surface area contributed by atoms with Gasteiger partial charge in [0.25, 0.3) is 0 Å². The fraction of sp³-hybridized carbons (Fsp3) is 0.533. The lowest BCUT2D eigenvalue weighted by Crippen LogP contribution is -2.29. The number of hydrogen-bond donors (Lipinski definition) is 1. The zero-order chi connectivity index (χ0) is 16.2. The highest BCUT2D eigenvalue weighted by molar-refractivity contribution is 7.13. The molecule has 1 amide bonds. The summed E-state index contributed by atoms with van der Waals surface area (Å²) in [5.41, 5.74) is 1.80. The molecule has 0 atom stereocenters. The molecule has 0 bridgehead atoms. The van der Waals surface area contributed by atoms with Crippen molar-refractivity contribution < 1.29 is 4.79 Å². The fourth-order valence-electron chi connectivity index (χ4n) is 2.68. The monoisotopic (exact) mass is 352 g/mol. The van der Waals surface area contributed by atoms with Gasteiger partial charge in [-0.15, -0.1) is 11.3 Å². The molecule has 23 heavy (non-hydrogen) atoms. The number of anilines is 1. The van der Waals surface area contributed by atoms with Gasteiger partial charge in [0.2, 0.25) is 5.91 Å². The number of aryl methyl sites for hydroxylation is 1. The highest BCUT2D eigenvalue weighted by Crippen LogP contribution is 2.18. The number of carbonyl (C=O) groups excluding carboxylic acids is 1. The molecule has 3 rings (SSSR count). The molecule has 3 heterocycles. The molecule has 0 aliphatic carbocycles. The van der Waals surface area contributed by atoms with Gasteiger partial charge in [0, 0.05) is 23.0 Å². The average molecular weight is 352 g/mol. The fourth-order valence-corrected chi connectivity index (χ4v) is 4.13. The Bertz CT molecular complexity index is 728. The van der Waals surface area contributed by atoms with E-state index in [1.807, 2.05) is 12.3 Å². The molecule has 1 aliphatic heterocycles. The van der Waals surface area contributed by atoms with Gasteiger partial charge in [-0.25, -0.2) is 4.98 Å². The third kappa shape index (κ3) is 4.27. The van der Waals surface area contributed by atoms with Crippen LogP contribution in [0.25, 0.3) is 0 Å². The molecule has 0 aromatic carbocycles. The Labute approximate surface area is 142 Å². The second kappa shape index (κ2) is 7.37. The van der Waals surface area contributed by atoms with Gasteiger partial charge < -0.3 is 5.32 Å². The van der Waals surface area contributed by atoms with Crippen LogP contribution in [0, 0.1) is 6.92 Å². The van der Waals surface area contributed by atoms with E-state index >= 15 is 0 Å². The molecule has 0 unspecified atom stereocenters. The summed E-state index contributed by atoms with van der Waals surface area (Å²) < 4.78 is 1.47. The summed E-state index contributed by atoms with van der Waals surface area (Å²) in [6, 6.07) is 0. The Kier molecular flexibility index (Phi) is 5.24. The first kappa shape index (κ1) is 16.4. The predicted octanol–water partition coefficient (Wildman–Crippen LogP) is 2.30. The van der Waals surface area contributed by atoms with E-state index in [-0.39, 0.29) is 17.3 Å². The standard InChI is InChI=1S/C15H20N4O2S2/c1-11-9-23-15(21)19(11)8-13(20)17-14-16-12(10-22-14)7-18-5-3-2-4-6-18/h9-10H,2-8H2,1H3,(H,16,17,20). The summed E-state index contributed by atoms with van der Waals surface area (Å²) in [6.07, 6.45) is 3.82. The van der Waals surface area contributed by atoms with Gasteiger partial charge >= 0.3 is 4.87 Å². The van der Waals surface area contributed by atoms with E-state index in [9.17, 15) is 9.59 Å². The molecule has 1 saturated heterocycles. The SMILES string of the molecule is Cc1csc(=O)n1CC(=O)Nc1nc(CN2CCCCC2)cs1. The molecule has 2 aromatic heterocycles. The summed E-state index contributed by atoms with van der Waals surface area (Å²) >= 11 is 2.54. The van der Waals surface area contributed by atoms with Crippen molar-refractivity contribution in [3.63, 3.8) is 0 Å². The first-order valence-electron chi connectivity index (χ1n) is 7.73. The first-order chi connectivity index (χ1) is 11.1. The number of piperidine rings is 1. The third-order valence-electron chi connectivity index (χ3n) is 3.91. The minimum atomic E-state index is -0.215. The van der Waals surface area contributed by atoms with Gasteiger partial charge in [-0.05, 0) is 32.9 Å². The van der Waals surface area contributed by atoms with E-state index in [0.29, 0.717) is 5.13 Å². The lowest BCUT2D eigenvalue weighted by atomic mass is 10.1. The normalized spacial score (nSPS) is 15.7. The molecule has 6 nitrogen and oxygen atoms in total. The van der Waals surface area contributed by atoms with Crippen LogP contribution in [0.2, 0.25) is 0 Å². The van der Waals surface area contributed by atoms with Gasteiger partial charge in [-0.3, -0.25) is 19.1 Å². The molecule has 8 heteroatoms. The van der Waals surface area contributed by atoms with Crippen LogP contribution >= 0.6 is 22.7 Å². The number of thiazole rings is 2. The molecular weight excluding hydrogens is 332 g/mol. The van der Waals surface area contributed by atoms with E-state index < -0.39 is 0 Å². The molecule has 0 saturated carbocycles. The van der Waals surface area contributed by atoms with Crippen molar-refractivity contribution >= 4 is 33.7 Å². The van der Waals surface area contributed by atoms with Crippen LogP contribution in [0.3, 0.4) is 0 Å². The molecule has 1 N–H and O–H groups in total. The predicted molar refractivity (Wildman–Crippen MR) is 93.2 cm³/mol. The lowest BCUT2D eigenvalue weighted by Gasteiger charge is -2.25. The van der Waals surface area contributed by atoms with Gasteiger partial charge in [-0.2, -0.15) is 0 Å². The largest absolute Gasteiger partial charge is 0.307 e. The van der Waals surface area contributed by atoms with Crippen LogP contribution < -0.4 is 10.2 Å². The van der Waals surface area contributed by atoms with Crippen LogP contribution in [-0.4, -0.2) is 33.4 Å². The van der Waals surface area contributed by atoms with Crippen molar-refractivity contribution in [3.8, 4) is 0 Å². The van der Waals surface area contributed by atoms with Crippen LogP contribution in [0.4, 0.5) is 5.13 Å². The molecule has 1 aliphatic rings. The summed E-state index contributed by atoms with van der Waals surface area (Å²) in [7, 11) is 0. The minimum absolute atomic E-state index is 0.0369. The van der Waals surface area contributed by atoms with Crippen molar-refractivity contribution in [1.29, 1.82) is 0 Å². The highest BCUT2D eigenvalue weighted by Gasteiger charge is 2.14. The van der Waals surface area contributed by atoms with Crippen molar-refractivity contribution in [3.05, 3.63) is 31.8 Å². The lowest BCUT2D eigenvalue weighted by molar-refractivity contribution is -0.116. The topological polar surface area (TPSA) is 67.2 Å². The molecule has 124 valence electrons. The van der Waals surface area contributed by atoms with Gasteiger partial charge in [0.15, 0.2) is 5.13 Å². The average Bonchev–Trinajstić information content (AvgIpc) is 3.09. The summed E-state index contributed by atoms with van der Waals surface area (Å²) in [5, 5.41) is 7.14. The van der Waals surface area contributed by atoms with E-state index in [0.717, 1.165) is 42.4 Å². The number of nitrogens with one attached hydrogen (secondary N) is 1. The van der Waals surface area contributed by atoms with Gasteiger partial charge in [0.1, 0.15) is 6.54 Å². The van der Waals surface area contributed by atoms with Crippen molar-refractivity contribution in [2.45, 2.75) is 39.3 Å². The smallest absolute Gasteiger partial charge is 0.300 e. The van der Waals surface area contributed by atoms with Crippen molar-refractivity contribution in [1.82, 2.24) is 14.5 Å². The molecule has 0 spiro atoms. The maximum atomic E-state index is 12.1. The van der Waals surface area contributed by atoms with Crippen LogP contribution in [0.1, 0.15) is 30.7 Å². The van der Waals surface area contributed by atoms with E-state index in [1.54, 1.807) is 5.38 Å². The Morgan fingerprint density at radius 2 is 2.04 bits per heavy atom. The van der Waals surface area contributed by atoms with Gasteiger partial charge in [-0.1, -0.05) is 17.8 Å². The Hall–Kier alpha value is -1.51. The summed E-state index contributed by atoms with van der Waals surface area (Å²) in [4.78, 5) is 30.5. The number of nitrogens with zero attached hydrogens (tertiary/aromatic N) is 3. The minimum Gasteiger partial charge on any atom is -0.300 e. The quantitative estimate of drug-likeness (QED) is 0.897. The number of likely N-dealkylation sites (tertiary alicyclic amines) is 1. The number of rotatable bonds is 5. The molecule has 2 aromatic rings. The van der Waals surface area contributed by atoms with E-state index in [2.05, 4.69) is 15.2 Å². The zero-order valence-electron chi connectivity index (χ0n) is 13.1. The Morgan fingerprint density at radius 1 is 1.26 bits per heavy atom. The van der Waals surface area contributed by atoms with Gasteiger partial charge in [0.05, 0.1) is 5.69 Å². The van der Waals surface area contributed by atoms with Crippen LogP contribution in [0.15, 0.2) is 15.6 Å². The number of hydrogen-bond acceptors (Lipinski definition) is 6. The van der Waals surface area contributed by atoms with Crippen LogP contribution in [0.5, 0.6) is 0 Å². The second-order valence-electron chi connectivity index (χ2n) is 5.76. The zero-order valence-corrected chi connectivity index (χ0v) is 14.7.